The van der Waals surface area contributed by atoms with E-state index >= 15 is 0 Å². The van der Waals surface area contributed by atoms with Gasteiger partial charge in [-0.1, -0.05) is 29.8 Å². The number of carbonyl (C=O) groups is 2. The number of benzene rings is 3. The molecule has 0 spiro atoms. The SMILES string of the molecule is CCOc1cc(-c2ccc(C)cc2)nc2ccc(C(=O)Nc3ccc(NC(C)=O)cc3)cc12. The molecule has 0 aliphatic heterocycles. The van der Waals surface area contributed by atoms with E-state index in [2.05, 4.69) is 22.8 Å². The summed E-state index contributed by atoms with van der Waals surface area (Å²) in [6.07, 6.45) is 0. The van der Waals surface area contributed by atoms with Crippen molar-refractivity contribution < 1.29 is 14.3 Å². The molecule has 1 heterocycles. The first-order chi connectivity index (χ1) is 15.9. The minimum Gasteiger partial charge on any atom is -0.493 e. The third kappa shape index (κ3) is 5.18. The number of carbonyl (C=O) groups excluding carboxylic acids is 2. The average molecular weight is 440 g/mol. The number of ether oxygens (including phenoxy) is 1. The van der Waals surface area contributed by atoms with Crippen LogP contribution in [-0.4, -0.2) is 23.4 Å². The van der Waals surface area contributed by atoms with Crippen molar-refractivity contribution in [2.24, 2.45) is 0 Å². The highest BCUT2D eigenvalue weighted by Crippen LogP contribution is 2.31. The lowest BCUT2D eigenvalue weighted by Gasteiger charge is -2.12. The fraction of sp³-hybridized carbons (Fsp3) is 0.148. The van der Waals surface area contributed by atoms with Crippen LogP contribution >= 0.6 is 0 Å². The van der Waals surface area contributed by atoms with Crippen LogP contribution in [0.2, 0.25) is 0 Å². The molecule has 166 valence electrons. The Morgan fingerprint density at radius 3 is 2.18 bits per heavy atom. The molecule has 6 nitrogen and oxygen atoms in total. The van der Waals surface area contributed by atoms with Crippen LogP contribution in [0.3, 0.4) is 0 Å². The smallest absolute Gasteiger partial charge is 0.255 e. The highest BCUT2D eigenvalue weighted by atomic mass is 16.5. The van der Waals surface area contributed by atoms with Gasteiger partial charge in [-0.3, -0.25) is 9.59 Å². The molecule has 33 heavy (non-hydrogen) atoms. The van der Waals surface area contributed by atoms with Gasteiger partial charge in [-0.25, -0.2) is 4.98 Å². The van der Waals surface area contributed by atoms with Gasteiger partial charge in [0.2, 0.25) is 5.91 Å². The van der Waals surface area contributed by atoms with Gasteiger partial charge >= 0.3 is 0 Å². The summed E-state index contributed by atoms with van der Waals surface area (Å²) in [5.74, 6) is 0.300. The zero-order valence-electron chi connectivity index (χ0n) is 18.8. The van der Waals surface area contributed by atoms with Crippen molar-refractivity contribution >= 4 is 34.1 Å². The highest BCUT2D eigenvalue weighted by Gasteiger charge is 2.13. The molecule has 4 rings (SSSR count). The number of nitrogens with zero attached hydrogens (tertiary/aromatic N) is 1. The van der Waals surface area contributed by atoms with Gasteiger partial charge in [0.05, 0.1) is 17.8 Å². The fourth-order valence-electron chi connectivity index (χ4n) is 3.53. The Bertz CT molecular complexity index is 1310. The molecule has 0 aliphatic carbocycles. The van der Waals surface area contributed by atoms with Gasteiger partial charge in [0.1, 0.15) is 5.75 Å². The second-order valence-electron chi connectivity index (χ2n) is 7.75. The molecule has 0 unspecified atom stereocenters. The third-order valence-corrected chi connectivity index (χ3v) is 5.14. The number of pyridine rings is 1. The molecular formula is C27H25N3O3. The lowest BCUT2D eigenvalue weighted by molar-refractivity contribution is -0.114. The number of aromatic nitrogens is 1. The second kappa shape index (κ2) is 9.53. The summed E-state index contributed by atoms with van der Waals surface area (Å²) < 4.78 is 5.90. The molecule has 0 saturated heterocycles. The molecule has 0 bridgehead atoms. The number of hydrogen-bond donors (Lipinski definition) is 2. The van der Waals surface area contributed by atoms with Gasteiger partial charge in [-0.2, -0.15) is 0 Å². The van der Waals surface area contributed by atoms with Crippen molar-refractivity contribution in [2.75, 3.05) is 17.2 Å². The van der Waals surface area contributed by atoms with Gasteiger partial charge in [0.15, 0.2) is 0 Å². The van der Waals surface area contributed by atoms with E-state index in [1.165, 1.54) is 12.5 Å². The van der Waals surface area contributed by atoms with Crippen molar-refractivity contribution in [3.05, 3.63) is 83.9 Å². The Morgan fingerprint density at radius 2 is 1.55 bits per heavy atom. The topological polar surface area (TPSA) is 80.3 Å². The molecule has 2 N–H and O–H groups in total. The molecule has 0 saturated carbocycles. The van der Waals surface area contributed by atoms with Crippen LogP contribution in [0.1, 0.15) is 29.8 Å². The van der Waals surface area contributed by atoms with E-state index in [1.54, 1.807) is 36.4 Å². The van der Waals surface area contributed by atoms with Crippen molar-refractivity contribution in [1.82, 2.24) is 4.98 Å². The number of fused-ring (bicyclic) bond motifs is 1. The lowest BCUT2D eigenvalue weighted by Crippen LogP contribution is -2.12. The number of nitrogens with one attached hydrogen (secondary N) is 2. The molecule has 0 atom stereocenters. The highest BCUT2D eigenvalue weighted by molar-refractivity contribution is 6.07. The van der Waals surface area contributed by atoms with Gasteiger partial charge in [-0.15, -0.1) is 0 Å². The van der Waals surface area contributed by atoms with E-state index in [1.807, 2.05) is 38.1 Å². The van der Waals surface area contributed by atoms with Crippen LogP contribution in [0, 0.1) is 6.92 Å². The molecule has 6 heteroatoms. The first-order valence-corrected chi connectivity index (χ1v) is 10.8. The maximum atomic E-state index is 12.9. The predicted octanol–water partition coefficient (Wildman–Crippen LogP) is 5.82. The van der Waals surface area contributed by atoms with E-state index in [0.717, 1.165) is 22.2 Å². The predicted molar refractivity (Wildman–Crippen MR) is 132 cm³/mol. The third-order valence-electron chi connectivity index (χ3n) is 5.14. The maximum Gasteiger partial charge on any atom is 0.255 e. The first kappa shape index (κ1) is 22.0. The van der Waals surface area contributed by atoms with Crippen molar-refractivity contribution in [2.45, 2.75) is 20.8 Å². The Hall–Kier alpha value is -4.19. The average Bonchev–Trinajstić information content (AvgIpc) is 2.80. The fourth-order valence-corrected chi connectivity index (χ4v) is 3.53. The molecule has 2 amide bonds. The Balaban J connectivity index is 1.63. The molecule has 3 aromatic carbocycles. The second-order valence-corrected chi connectivity index (χ2v) is 7.75. The van der Waals surface area contributed by atoms with Crippen LogP contribution in [-0.2, 0) is 4.79 Å². The minimum absolute atomic E-state index is 0.146. The zero-order valence-corrected chi connectivity index (χ0v) is 18.8. The largest absolute Gasteiger partial charge is 0.493 e. The first-order valence-electron chi connectivity index (χ1n) is 10.8. The summed E-state index contributed by atoms with van der Waals surface area (Å²) in [6.45, 7) is 5.93. The summed E-state index contributed by atoms with van der Waals surface area (Å²) in [5, 5.41) is 6.37. The molecule has 0 radical (unpaired) electrons. The monoisotopic (exact) mass is 439 g/mol. The summed E-state index contributed by atoms with van der Waals surface area (Å²) in [6, 6.07) is 22.5. The Kier molecular flexibility index (Phi) is 6.36. The van der Waals surface area contributed by atoms with Gasteiger partial charge in [0.25, 0.3) is 5.91 Å². The van der Waals surface area contributed by atoms with Crippen LogP contribution in [0.15, 0.2) is 72.8 Å². The molecular weight excluding hydrogens is 414 g/mol. The number of anilines is 2. The van der Waals surface area contributed by atoms with Crippen LogP contribution in [0.5, 0.6) is 5.75 Å². The van der Waals surface area contributed by atoms with Crippen LogP contribution < -0.4 is 15.4 Å². The molecule has 0 aliphatic rings. The quantitative estimate of drug-likeness (QED) is 0.397. The standard InChI is InChI=1S/C27H25N3O3/c1-4-33-26-16-25(19-7-5-17(2)6-8-19)30-24-14-9-20(15-23(24)26)27(32)29-22-12-10-21(11-13-22)28-18(3)31/h5-16H,4H2,1-3H3,(H,28,31)(H,29,32). The summed E-state index contributed by atoms with van der Waals surface area (Å²) in [5.41, 5.74) is 5.57. The summed E-state index contributed by atoms with van der Waals surface area (Å²) >= 11 is 0. The van der Waals surface area contributed by atoms with Gasteiger partial charge in [0, 0.05) is 40.9 Å². The summed E-state index contributed by atoms with van der Waals surface area (Å²) in [4.78, 5) is 28.8. The Morgan fingerprint density at radius 1 is 0.879 bits per heavy atom. The van der Waals surface area contributed by atoms with Crippen molar-refractivity contribution in [3.8, 4) is 17.0 Å². The van der Waals surface area contributed by atoms with E-state index < -0.39 is 0 Å². The van der Waals surface area contributed by atoms with Gasteiger partial charge < -0.3 is 15.4 Å². The van der Waals surface area contributed by atoms with E-state index in [-0.39, 0.29) is 11.8 Å². The van der Waals surface area contributed by atoms with E-state index in [4.69, 9.17) is 9.72 Å². The van der Waals surface area contributed by atoms with E-state index in [0.29, 0.717) is 29.3 Å². The number of hydrogen-bond acceptors (Lipinski definition) is 4. The van der Waals surface area contributed by atoms with Gasteiger partial charge in [-0.05, 0) is 56.3 Å². The number of amides is 2. The van der Waals surface area contributed by atoms with Crippen LogP contribution in [0.25, 0.3) is 22.2 Å². The molecule has 4 aromatic rings. The summed E-state index contributed by atoms with van der Waals surface area (Å²) in [7, 11) is 0. The normalized spacial score (nSPS) is 10.6. The van der Waals surface area contributed by atoms with Crippen LogP contribution in [0.4, 0.5) is 11.4 Å². The number of aryl methyl sites for hydroxylation is 1. The minimum atomic E-state index is -0.241. The zero-order chi connectivity index (χ0) is 23.4. The molecule has 1 aromatic heterocycles. The maximum absolute atomic E-state index is 12.9. The van der Waals surface area contributed by atoms with E-state index in [9.17, 15) is 9.59 Å². The van der Waals surface area contributed by atoms with Crippen molar-refractivity contribution in [1.29, 1.82) is 0 Å². The Labute approximate surface area is 192 Å². The van der Waals surface area contributed by atoms with Crippen molar-refractivity contribution in [3.63, 3.8) is 0 Å². The number of rotatable bonds is 6. The molecule has 0 fully saturated rings. The lowest BCUT2D eigenvalue weighted by atomic mass is 10.1.